The highest BCUT2D eigenvalue weighted by Crippen LogP contribution is 2.23. The molecule has 1 atom stereocenters. The highest BCUT2D eigenvalue weighted by atomic mass is 16.3. The number of hydrogen-bond donors (Lipinski definition) is 2. The fourth-order valence-electron chi connectivity index (χ4n) is 1.48. The molecule has 0 amide bonds. The van der Waals surface area contributed by atoms with Gasteiger partial charge in [-0.25, -0.2) is 0 Å². The first-order valence-electron chi connectivity index (χ1n) is 4.54. The molecule has 0 saturated heterocycles. The minimum absolute atomic E-state index is 0.313. The summed E-state index contributed by atoms with van der Waals surface area (Å²) in [6, 6.07) is 3.25. The highest BCUT2D eigenvalue weighted by molar-refractivity contribution is 5.58. The number of carbonyl (C=O) groups excluding carboxylic acids is 1. The van der Waals surface area contributed by atoms with Gasteiger partial charge in [0.1, 0.15) is 12.0 Å². The SMILES string of the molecule is Cc1cc(CC(N)C=O)cc(C)c1O. The average Bonchev–Trinajstić information content (AvgIpc) is 2.14. The van der Waals surface area contributed by atoms with Crippen molar-refractivity contribution in [1.29, 1.82) is 0 Å². The number of nitrogens with two attached hydrogens (primary N) is 1. The summed E-state index contributed by atoms with van der Waals surface area (Å²) in [6.07, 6.45) is 1.25. The summed E-state index contributed by atoms with van der Waals surface area (Å²) < 4.78 is 0. The maximum absolute atomic E-state index is 10.4. The van der Waals surface area contributed by atoms with Crippen LogP contribution < -0.4 is 5.73 Å². The minimum Gasteiger partial charge on any atom is -0.507 e. The van der Waals surface area contributed by atoms with E-state index in [-0.39, 0.29) is 0 Å². The Balaban J connectivity index is 2.95. The Morgan fingerprint density at radius 2 is 1.93 bits per heavy atom. The Morgan fingerprint density at radius 3 is 2.36 bits per heavy atom. The zero-order valence-corrected chi connectivity index (χ0v) is 8.45. The minimum atomic E-state index is -0.460. The summed E-state index contributed by atoms with van der Waals surface area (Å²) in [6.45, 7) is 3.66. The molecule has 76 valence electrons. The lowest BCUT2D eigenvalue weighted by molar-refractivity contribution is -0.108. The summed E-state index contributed by atoms with van der Waals surface area (Å²) >= 11 is 0. The first-order valence-corrected chi connectivity index (χ1v) is 4.54. The Hall–Kier alpha value is -1.35. The van der Waals surface area contributed by atoms with Gasteiger partial charge < -0.3 is 15.6 Å². The summed E-state index contributed by atoms with van der Waals surface area (Å²) in [4.78, 5) is 10.4. The lowest BCUT2D eigenvalue weighted by Gasteiger charge is -2.09. The van der Waals surface area contributed by atoms with E-state index in [1.165, 1.54) is 0 Å². The number of phenols is 1. The molecule has 0 aliphatic carbocycles. The molecule has 3 N–H and O–H groups in total. The number of benzene rings is 1. The maximum Gasteiger partial charge on any atom is 0.137 e. The fourth-order valence-corrected chi connectivity index (χ4v) is 1.48. The number of aldehydes is 1. The van der Waals surface area contributed by atoms with Crippen molar-refractivity contribution in [2.45, 2.75) is 26.3 Å². The van der Waals surface area contributed by atoms with E-state index in [1.807, 2.05) is 26.0 Å². The summed E-state index contributed by atoms with van der Waals surface area (Å²) in [7, 11) is 0. The topological polar surface area (TPSA) is 63.3 Å². The quantitative estimate of drug-likeness (QED) is 0.706. The largest absolute Gasteiger partial charge is 0.507 e. The van der Waals surface area contributed by atoms with E-state index in [4.69, 9.17) is 5.73 Å². The molecular weight excluding hydrogens is 178 g/mol. The molecule has 1 rings (SSSR count). The second kappa shape index (κ2) is 4.24. The smallest absolute Gasteiger partial charge is 0.137 e. The summed E-state index contributed by atoms with van der Waals surface area (Å²) in [5.41, 5.74) is 8.13. The lowest BCUT2D eigenvalue weighted by atomic mass is 10.0. The van der Waals surface area contributed by atoms with E-state index >= 15 is 0 Å². The second-order valence-electron chi connectivity index (χ2n) is 3.58. The van der Waals surface area contributed by atoms with E-state index in [9.17, 15) is 9.90 Å². The molecule has 14 heavy (non-hydrogen) atoms. The van der Waals surface area contributed by atoms with Gasteiger partial charge in [-0.1, -0.05) is 12.1 Å². The normalized spacial score (nSPS) is 12.5. The van der Waals surface area contributed by atoms with E-state index in [0.717, 1.165) is 23.0 Å². The molecule has 3 nitrogen and oxygen atoms in total. The molecule has 0 saturated carbocycles. The molecule has 0 fully saturated rings. The zero-order chi connectivity index (χ0) is 10.7. The van der Waals surface area contributed by atoms with Gasteiger partial charge in [-0.2, -0.15) is 0 Å². The van der Waals surface area contributed by atoms with Crippen molar-refractivity contribution in [3.8, 4) is 5.75 Å². The standard InChI is InChI=1S/C11H15NO2/c1-7-3-9(5-10(12)6-13)4-8(2)11(7)14/h3-4,6,10,14H,5,12H2,1-2H3. The van der Waals surface area contributed by atoms with Crippen molar-refractivity contribution in [3.05, 3.63) is 28.8 Å². The molecule has 1 unspecified atom stereocenters. The van der Waals surface area contributed by atoms with Gasteiger partial charge in [0.2, 0.25) is 0 Å². The van der Waals surface area contributed by atoms with Gasteiger partial charge in [0.05, 0.1) is 6.04 Å². The van der Waals surface area contributed by atoms with Crippen LogP contribution in [-0.4, -0.2) is 17.4 Å². The van der Waals surface area contributed by atoms with Gasteiger partial charge in [0, 0.05) is 0 Å². The number of hydrogen-bond acceptors (Lipinski definition) is 3. The third kappa shape index (κ3) is 2.33. The van der Waals surface area contributed by atoms with Crippen molar-refractivity contribution in [2.75, 3.05) is 0 Å². The average molecular weight is 193 g/mol. The van der Waals surface area contributed by atoms with E-state index < -0.39 is 6.04 Å². The van der Waals surface area contributed by atoms with Gasteiger partial charge in [-0.3, -0.25) is 0 Å². The molecule has 1 aromatic carbocycles. The van der Waals surface area contributed by atoms with Crippen LogP contribution >= 0.6 is 0 Å². The van der Waals surface area contributed by atoms with E-state index in [1.54, 1.807) is 0 Å². The molecule has 0 bridgehead atoms. The van der Waals surface area contributed by atoms with Crippen molar-refractivity contribution in [2.24, 2.45) is 5.73 Å². The molecular formula is C11H15NO2. The molecule has 0 radical (unpaired) electrons. The molecule has 0 heterocycles. The number of aromatic hydroxyl groups is 1. The molecule has 1 aromatic rings. The van der Waals surface area contributed by atoms with E-state index in [0.29, 0.717) is 12.2 Å². The highest BCUT2D eigenvalue weighted by Gasteiger charge is 2.06. The zero-order valence-electron chi connectivity index (χ0n) is 8.45. The molecule has 0 aliphatic rings. The third-order valence-electron chi connectivity index (χ3n) is 2.20. The predicted octanol–water partition coefficient (Wildman–Crippen LogP) is 1.08. The van der Waals surface area contributed by atoms with Crippen molar-refractivity contribution in [1.82, 2.24) is 0 Å². The van der Waals surface area contributed by atoms with E-state index in [2.05, 4.69) is 0 Å². The van der Waals surface area contributed by atoms with Crippen LogP contribution in [0.2, 0.25) is 0 Å². The Kier molecular flexibility index (Phi) is 3.25. The van der Waals surface area contributed by atoms with Crippen LogP contribution in [0.1, 0.15) is 16.7 Å². The van der Waals surface area contributed by atoms with Crippen LogP contribution in [0.25, 0.3) is 0 Å². The van der Waals surface area contributed by atoms with Gasteiger partial charge >= 0.3 is 0 Å². The van der Waals surface area contributed by atoms with Crippen LogP contribution in [0.5, 0.6) is 5.75 Å². The molecule has 0 aliphatic heterocycles. The number of rotatable bonds is 3. The first kappa shape index (κ1) is 10.7. The van der Waals surface area contributed by atoms with Crippen LogP contribution in [0.3, 0.4) is 0 Å². The van der Waals surface area contributed by atoms with Crippen LogP contribution in [0.4, 0.5) is 0 Å². The number of aryl methyl sites for hydroxylation is 2. The fraction of sp³-hybridized carbons (Fsp3) is 0.364. The third-order valence-corrected chi connectivity index (χ3v) is 2.20. The summed E-state index contributed by atoms with van der Waals surface area (Å²) in [5.74, 6) is 0.313. The second-order valence-corrected chi connectivity index (χ2v) is 3.58. The monoisotopic (exact) mass is 193 g/mol. The van der Waals surface area contributed by atoms with Crippen molar-refractivity contribution >= 4 is 6.29 Å². The summed E-state index contributed by atoms with van der Waals surface area (Å²) in [5, 5.41) is 9.52. The van der Waals surface area contributed by atoms with Gasteiger partial charge in [-0.15, -0.1) is 0 Å². The molecule has 0 spiro atoms. The Morgan fingerprint density at radius 1 is 1.43 bits per heavy atom. The van der Waals surface area contributed by atoms with Crippen LogP contribution in [0, 0.1) is 13.8 Å². The predicted molar refractivity (Wildman–Crippen MR) is 55.3 cm³/mol. The van der Waals surface area contributed by atoms with Crippen molar-refractivity contribution < 1.29 is 9.90 Å². The number of carbonyl (C=O) groups is 1. The van der Waals surface area contributed by atoms with Gasteiger partial charge in [0.15, 0.2) is 0 Å². The lowest BCUT2D eigenvalue weighted by Crippen LogP contribution is -2.24. The van der Waals surface area contributed by atoms with Crippen molar-refractivity contribution in [3.63, 3.8) is 0 Å². The number of phenolic OH excluding ortho intramolecular Hbond substituents is 1. The Labute approximate surface area is 83.6 Å². The molecule has 0 aromatic heterocycles. The van der Waals surface area contributed by atoms with Crippen LogP contribution in [-0.2, 0) is 11.2 Å². The maximum atomic E-state index is 10.4. The Bertz CT molecular complexity index is 324. The first-order chi connectivity index (χ1) is 6.54. The van der Waals surface area contributed by atoms with Crippen LogP contribution in [0.15, 0.2) is 12.1 Å². The van der Waals surface area contributed by atoms with Gasteiger partial charge in [-0.05, 0) is 37.0 Å². The van der Waals surface area contributed by atoms with Gasteiger partial charge in [0.25, 0.3) is 0 Å². The molecule has 3 heteroatoms.